The van der Waals surface area contributed by atoms with Gasteiger partial charge < -0.3 is 15.5 Å². The number of carbonyl (C=O) groups excluding carboxylic acids is 1. The van der Waals surface area contributed by atoms with Crippen LogP contribution >= 0.6 is 0 Å². The summed E-state index contributed by atoms with van der Waals surface area (Å²) in [7, 11) is 2.21. The summed E-state index contributed by atoms with van der Waals surface area (Å²) >= 11 is 0. The minimum atomic E-state index is -0.0626. The van der Waals surface area contributed by atoms with Gasteiger partial charge in [0.25, 0.3) is 5.91 Å². The molecule has 0 unspecified atom stereocenters. The van der Waals surface area contributed by atoms with E-state index in [0.717, 1.165) is 18.2 Å². The Morgan fingerprint density at radius 1 is 1.04 bits per heavy atom. The molecule has 1 saturated heterocycles. The lowest BCUT2D eigenvalue weighted by molar-refractivity contribution is 0.102. The van der Waals surface area contributed by atoms with E-state index in [9.17, 15) is 4.79 Å². The Hall–Kier alpha value is -2.17. The SMILES string of the molecule is CN1CCC(CN[C@@H]2C[C@H]2c2ccc(NC(=O)c3ccccc3)cc2)CC1. The fourth-order valence-corrected chi connectivity index (χ4v) is 3.98. The monoisotopic (exact) mass is 363 g/mol. The number of piperidine rings is 1. The fourth-order valence-electron chi connectivity index (χ4n) is 3.98. The largest absolute Gasteiger partial charge is 0.322 e. The third kappa shape index (κ3) is 4.76. The van der Waals surface area contributed by atoms with Gasteiger partial charge >= 0.3 is 0 Å². The Balaban J connectivity index is 1.24. The van der Waals surface area contributed by atoms with E-state index in [0.29, 0.717) is 17.5 Å². The van der Waals surface area contributed by atoms with E-state index in [1.165, 1.54) is 37.9 Å². The van der Waals surface area contributed by atoms with Gasteiger partial charge in [-0.1, -0.05) is 30.3 Å². The van der Waals surface area contributed by atoms with E-state index in [1.54, 1.807) is 0 Å². The molecule has 1 aliphatic carbocycles. The van der Waals surface area contributed by atoms with Crippen molar-refractivity contribution in [2.45, 2.75) is 31.2 Å². The third-order valence-electron chi connectivity index (χ3n) is 5.93. The van der Waals surface area contributed by atoms with Gasteiger partial charge in [-0.2, -0.15) is 0 Å². The molecule has 2 aliphatic rings. The van der Waals surface area contributed by atoms with Gasteiger partial charge in [-0.3, -0.25) is 4.79 Å². The molecule has 1 heterocycles. The molecule has 27 heavy (non-hydrogen) atoms. The molecule has 4 nitrogen and oxygen atoms in total. The molecule has 2 aromatic rings. The van der Waals surface area contributed by atoms with Gasteiger partial charge in [-0.15, -0.1) is 0 Å². The number of carbonyl (C=O) groups is 1. The topological polar surface area (TPSA) is 44.4 Å². The molecule has 0 aromatic heterocycles. The van der Waals surface area contributed by atoms with Crippen LogP contribution in [0.5, 0.6) is 0 Å². The number of nitrogens with zero attached hydrogens (tertiary/aromatic N) is 1. The third-order valence-corrected chi connectivity index (χ3v) is 5.93. The van der Waals surface area contributed by atoms with E-state index in [4.69, 9.17) is 0 Å². The highest BCUT2D eigenvalue weighted by Crippen LogP contribution is 2.41. The van der Waals surface area contributed by atoms with Crippen LogP contribution in [-0.2, 0) is 0 Å². The molecule has 2 N–H and O–H groups in total. The van der Waals surface area contributed by atoms with Gasteiger partial charge in [0, 0.05) is 23.2 Å². The van der Waals surface area contributed by atoms with Crippen molar-refractivity contribution in [1.29, 1.82) is 0 Å². The minimum Gasteiger partial charge on any atom is -0.322 e. The first-order chi connectivity index (χ1) is 13.2. The second-order valence-corrected chi connectivity index (χ2v) is 8.05. The molecule has 2 atom stereocenters. The average molecular weight is 364 g/mol. The number of benzene rings is 2. The fraction of sp³-hybridized carbons (Fsp3) is 0.435. The number of rotatable bonds is 6. The summed E-state index contributed by atoms with van der Waals surface area (Å²) in [5.41, 5.74) is 2.90. The van der Waals surface area contributed by atoms with Crippen LogP contribution in [0.25, 0.3) is 0 Å². The molecule has 0 radical (unpaired) electrons. The maximum atomic E-state index is 12.2. The van der Waals surface area contributed by atoms with Gasteiger partial charge in [0.2, 0.25) is 0 Å². The van der Waals surface area contributed by atoms with E-state index in [-0.39, 0.29) is 5.91 Å². The molecule has 2 aromatic carbocycles. The number of nitrogens with one attached hydrogen (secondary N) is 2. The maximum Gasteiger partial charge on any atom is 0.255 e. The average Bonchev–Trinajstić information content (AvgIpc) is 3.48. The molecule has 0 bridgehead atoms. The molecular weight excluding hydrogens is 334 g/mol. The van der Waals surface area contributed by atoms with E-state index in [1.807, 2.05) is 42.5 Å². The number of hydrogen-bond acceptors (Lipinski definition) is 3. The predicted octanol–water partition coefficient (Wildman–Crippen LogP) is 3.73. The van der Waals surface area contributed by atoms with Crippen molar-refractivity contribution in [1.82, 2.24) is 10.2 Å². The van der Waals surface area contributed by atoms with Crippen LogP contribution in [-0.4, -0.2) is 43.5 Å². The van der Waals surface area contributed by atoms with Gasteiger partial charge in [0.05, 0.1) is 0 Å². The summed E-state index contributed by atoms with van der Waals surface area (Å²) in [6.07, 6.45) is 3.86. The Kier molecular flexibility index (Phi) is 5.55. The Morgan fingerprint density at radius 2 is 1.74 bits per heavy atom. The van der Waals surface area contributed by atoms with Crippen LogP contribution in [0, 0.1) is 5.92 Å². The summed E-state index contributed by atoms with van der Waals surface area (Å²) in [6, 6.07) is 18.3. The van der Waals surface area contributed by atoms with Gasteiger partial charge in [0.1, 0.15) is 0 Å². The van der Waals surface area contributed by atoms with Crippen molar-refractivity contribution >= 4 is 11.6 Å². The second kappa shape index (κ2) is 8.24. The lowest BCUT2D eigenvalue weighted by Crippen LogP contribution is -2.35. The summed E-state index contributed by atoms with van der Waals surface area (Å²) in [6.45, 7) is 3.62. The normalized spacial score (nSPS) is 23.1. The Morgan fingerprint density at radius 3 is 2.44 bits per heavy atom. The molecule has 4 heteroatoms. The molecule has 4 rings (SSSR count). The lowest BCUT2D eigenvalue weighted by Gasteiger charge is -2.29. The number of amides is 1. The number of hydrogen-bond donors (Lipinski definition) is 2. The van der Waals surface area contributed by atoms with Crippen LogP contribution < -0.4 is 10.6 Å². The molecule has 142 valence electrons. The Bertz CT molecular complexity index is 751. The van der Waals surface area contributed by atoms with Gasteiger partial charge in [-0.05, 0) is 81.7 Å². The quantitative estimate of drug-likeness (QED) is 0.822. The summed E-state index contributed by atoms with van der Waals surface area (Å²) in [5, 5.41) is 6.74. The molecule has 2 fully saturated rings. The second-order valence-electron chi connectivity index (χ2n) is 8.05. The van der Waals surface area contributed by atoms with E-state index >= 15 is 0 Å². The highest BCUT2D eigenvalue weighted by Gasteiger charge is 2.38. The first kappa shape index (κ1) is 18.2. The van der Waals surface area contributed by atoms with Crippen molar-refractivity contribution in [3.63, 3.8) is 0 Å². The van der Waals surface area contributed by atoms with Crippen LogP contribution in [0.1, 0.15) is 41.1 Å². The van der Waals surface area contributed by atoms with Crippen LogP contribution in [0.3, 0.4) is 0 Å². The number of likely N-dealkylation sites (tertiary alicyclic amines) is 1. The van der Waals surface area contributed by atoms with Gasteiger partial charge in [-0.25, -0.2) is 0 Å². The molecule has 1 aliphatic heterocycles. The first-order valence-electron chi connectivity index (χ1n) is 10.1. The van der Waals surface area contributed by atoms with Crippen LogP contribution in [0.2, 0.25) is 0 Å². The van der Waals surface area contributed by atoms with Crippen molar-refractivity contribution in [3.8, 4) is 0 Å². The highest BCUT2D eigenvalue weighted by atomic mass is 16.1. The standard InChI is InChI=1S/C23H29N3O/c1-26-13-11-17(12-14-26)16-24-22-15-21(22)18-7-9-20(10-8-18)25-23(27)19-5-3-2-4-6-19/h2-10,17,21-22,24H,11-16H2,1H3,(H,25,27)/t21-,22+/m0/s1. The van der Waals surface area contributed by atoms with Gasteiger partial charge in [0.15, 0.2) is 0 Å². The molecule has 1 saturated carbocycles. The zero-order valence-electron chi connectivity index (χ0n) is 16.0. The number of anilines is 1. The molecule has 1 amide bonds. The van der Waals surface area contributed by atoms with E-state index < -0.39 is 0 Å². The minimum absolute atomic E-state index is 0.0626. The molecule has 0 spiro atoms. The smallest absolute Gasteiger partial charge is 0.255 e. The highest BCUT2D eigenvalue weighted by molar-refractivity contribution is 6.04. The van der Waals surface area contributed by atoms with Crippen LogP contribution in [0.4, 0.5) is 5.69 Å². The summed E-state index contributed by atoms with van der Waals surface area (Å²) < 4.78 is 0. The van der Waals surface area contributed by atoms with Crippen molar-refractivity contribution in [2.24, 2.45) is 5.92 Å². The zero-order chi connectivity index (χ0) is 18.6. The lowest BCUT2D eigenvalue weighted by atomic mass is 9.97. The summed E-state index contributed by atoms with van der Waals surface area (Å²) in [4.78, 5) is 14.7. The molecular formula is C23H29N3O. The van der Waals surface area contributed by atoms with E-state index in [2.05, 4.69) is 34.7 Å². The maximum absolute atomic E-state index is 12.2. The first-order valence-corrected chi connectivity index (χ1v) is 10.1. The summed E-state index contributed by atoms with van der Waals surface area (Å²) in [5.74, 6) is 1.39. The Labute approximate surface area is 162 Å². The predicted molar refractivity (Wildman–Crippen MR) is 110 cm³/mol. The van der Waals surface area contributed by atoms with Crippen molar-refractivity contribution in [2.75, 3.05) is 32.0 Å². The van der Waals surface area contributed by atoms with Crippen LogP contribution in [0.15, 0.2) is 54.6 Å². The zero-order valence-corrected chi connectivity index (χ0v) is 16.0. The van der Waals surface area contributed by atoms with Crippen molar-refractivity contribution in [3.05, 3.63) is 65.7 Å². The van der Waals surface area contributed by atoms with Crippen molar-refractivity contribution < 1.29 is 4.79 Å².